The van der Waals surface area contributed by atoms with Crippen molar-refractivity contribution in [3.05, 3.63) is 29.8 Å². The number of halogens is 3. The minimum Gasteiger partial charge on any atom is -0.326 e. The standard InChI is InChI=1S/C15H20F2N2O.ClH/c1-10(11-2-4-18-5-3-11)6-15(20)19-14-8-12(16)7-13(17)9-14;/h7-11,18H,2-6H2,1H3,(H,19,20);1H. The van der Waals surface area contributed by atoms with E-state index in [1.807, 2.05) is 0 Å². The molecule has 1 fully saturated rings. The van der Waals surface area contributed by atoms with Gasteiger partial charge in [0.05, 0.1) is 0 Å². The molecule has 1 aromatic rings. The molecule has 0 saturated carbocycles. The van der Waals surface area contributed by atoms with Crippen molar-refractivity contribution in [2.75, 3.05) is 18.4 Å². The summed E-state index contributed by atoms with van der Waals surface area (Å²) in [7, 11) is 0. The Labute approximate surface area is 129 Å². The monoisotopic (exact) mass is 318 g/mol. The summed E-state index contributed by atoms with van der Waals surface area (Å²) < 4.78 is 26.1. The minimum atomic E-state index is -0.688. The first kappa shape index (κ1) is 17.9. The highest BCUT2D eigenvalue weighted by Crippen LogP contribution is 2.24. The Morgan fingerprint density at radius 3 is 2.43 bits per heavy atom. The molecule has 21 heavy (non-hydrogen) atoms. The molecule has 2 rings (SSSR count). The van der Waals surface area contributed by atoms with E-state index in [2.05, 4.69) is 17.6 Å². The third-order valence-corrected chi connectivity index (χ3v) is 3.84. The molecule has 1 aromatic carbocycles. The van der Waals surface area contributed by atoms with E-state index in [0.29, 0.717) is 12.3 Å². The SMILES string of the molecule is CC(CC(=O)Nc1cc(F)cc(F)c1)C1CCNCC1.Cl. The number of hydrogen-bond acceptors (Lipinski definition) is 2. The van der Waals surface area contributed by atoms with E-state index in [4.69, 9.17) is 0 Å². The van der Waals surface area contributed by atoms with Crippen molar-refractivity contribution in [1.29, 1.82) is 0 Å². The Morgan fingerprint density at radius 1 is 1.29 bits per heavy atom. The van der Waals surface area contributed by atoms with Crippen LogP contribution in [0.1, 0.15) is 26.2 Å². The largest absolute Gasteiger partial charge is 0.326 e. The lowest BCUT2D eigenvalue weighted by molar-refractivity contribution is -0.117. The van der Waals surface area contributed by atoms with Gasteiger partial charge in [0.25, 0.3) is 0 Å². The third-order valence-electron chi connectivity index (χ3n) is 3.84. The number of hydrogen-bond donors (Lipinski definition) is 2. The molecule has 0 bridgehead atoms. The lowest BCUT2D eigenvalue weighted by Gasteiger charge is -2.27. The normalized spacial score (nSPS) is 16.9. The summed E-state index contributed by atoms with van der Waals surface area (Å²) in [5, 5.41) is 5.85. The first-order valence-corrected chi connectivity index (χ1v) is 7.01. The summed E-state index contributed by atoms with van der Waals surface area (Å²) in [6, 6.07) is 3.03. The number of piperidine rings is 1. The maximum atomic E-state index is 13.0. The zero-order valence-corrected chi connectivity index (χ0v) is 12.8. The van der Waals surface area contributed by atoms with Crippen LogP contribution in [0.5, 0.6) is 0 Å². The average Bonchev–Trinajstić information content (AvgIpc) is 2.38. The van der Waals surface area contributed by atoms with Gasteiger partial charge in [0.2, 0.25) is 5.91 Å². The zero-order valence-electron chi connectivity index (χ0n) is 12.0. The number of amides is 1. The van der Waals surface area contributed by atoms with Crippen molar-refractivity contribution in [1.82, 2.24) is 5.32 Å². The van der Waals surface area contributed by atoms with Gasteiger partial charge in [-0.1, -0.05) is 6.92 Å². The molecule has 3 nitrogen and oxygen atoms in total. The molecule has 1 unspecified atom stereocenters. The molecule has 1 aliphatic rings. The van der Waals surface area contributed by atoms with E-state index >= 15 is 0 Å². The predicted molar refractivity (Wildman–Crippen MR) is 81.6 cm³/mol. The second-order valence-electron chi connectivity index (χ2n) is 5.48. The van der Waals surface area contributed by atoms with Crippen molar-refractivity contribution < 1.29 is 13.6 Å². The van der Waals surface area contributed by atoms with Crippen molar-refractivity contribution >= 4 is 24.0 Å². The van der Waals surface area contributed by atoms with Gasteiger partial charge in [0.15, 0.2) is 0 Å². The Bertz CT molecular complexity index is 458. The van der Waals surface area contributed by atoms with E-state index in [1.165, 1.54) is 0 Å². The summed E-state index contributed by atoms with van der Waals surface area (Å²) in [5.74, 6) is -0.763. The molecule has 2 N–H and O–H groups in total. The van der Waals surface area contributed by atoms with Crippen LogP contribution < -0.4 is 10.6 Å². The fourth-order valence-electron chi connectivity index (χ4n) is 2.71. The molecular weight excluding hydrogens is 298 g/mol. The third kappa shape index (κ3) is 5.59. The van der Waals surface area contributed by atoms with Crippen LogP contribution in [0.4, 0.5) is 14.5 Å². The topological polar surface area (TPSA) is 41.1 Å². The Balaban J connectivity index is 0.00000220. The van der Waals surface area contributed by atoms with Gasteiger partial charge in [-0.25, -0.2) is 8.78 Å². The maximum absolute atomic E-state index is 13.0. The van der Waals surface area contributed by atoms with Crippen LogP contribution in [0.3, 0.4) is 0 Å². The van der Waals surface area contributed by atoms with Gasteiger partial charge in [-0.3, -0.25) is 4.79 Å². The Kier molecular flexibility index (Phi) is 7.05. The van der Waals surface area contributed by atoms with E-state index in [-0.39, 0.29) is 29.9 Å². The van der Waals surface area contributed by atoms with Gasteiger partial charge < -0.3 is 10.6 Å². The highest BCUT2D eigenvalue weighted by molar-refractivity contribution is 5.90. The lowest BCUT2D eigenvalue weighted by atomic mass is 9.84. The van der Waals surface area contributed by atoms with Crippen LogP contribution in [-0.4, -0.2) is 19.0 Å². The minimum absolute atomic E-state index is 0. The van der Waals surface area contributed by atoms with Crippen molar-refractivity contribution in [2.24, 2.45) is 11.8 Å². The molecule has 0 spiro atoms. The molecule has 1 amide bonds. The molecule has 0 aromatic heterocycles. The number of rotatable bonds is 4. The smallest absolute Gasteiger partial charge is 0.224 e. The average molecular weight is 319 g/mol. The Morgan fingerprint density at radius 2 is 1.86 bits per heavy atom. The predicted octanol–water partition coefficient (Wildman–Crippen LogP) is 3.35. The summed E-state index contributed by atoms with van der Waals surface area (Å²) in [6.45, 7) is 4.04. The van der Waals surface area contributed by atoms with Crippen molar-refractivity contribution in [3.8, 4) is 0 Å². The highest BCUT2D eigenvalue weighted by atomic mass is 35.5. The van der Waals surface area contributed by atoms with Crippen LogP contribution >= 0.6 is 12.4 Å². The van der Waals surface area contributed by atoms with Crippen LogP contribution in [0.25, 0.3) is 0 Å². The molecule has 0 aliphatic carbocycles. The lowest BCUT2D eigenvalue weighted by Crippen LogP contribution is -2.32. The summed E-state index contributed by atoms with van der Waals surface area (Å²) >= 11 is 0. The fraction of sp³-hybridized carbons (Fsp3) is 0.533. The quantitative estimate of drug-likeness (QED) is 0.894. The number of carbonyl (C=O) groups excluding carboxylic acids is 1. The van der Waals surface area contributed by atoms with Crippen LogP contribution in [0, 0.1) is 23.5 Å². The van der Waals surface area contributed by atoms with E-state index in [1.54, 1.807) is 0 Å². The number of carbonyl (C=O) groups is 1. The first-order chi connectivity index (χ1) is 9.54. The summed E-state index contributed by atoms with van der Waals surface area (Å²) in [4.78, 5) is 11.9. The van der Waals surface area contributed by atoms with Gasteiger partial charge in [0.1, 0.15) is 11.6 Å². The van der Waals surface area contributed by atoms with Crippen molar-refractivity contribution in [3.63, 3.8) is 0 Å². The van der Waals surface area contributed by atoms with Crippen molar-refractivity contribution in [2.45, 2.75) is 26.2 Å². The molecular formula is C15H21ClF2N2O. The molecule has 6 heteroatoms. The molecule has 1 aliphatic heterocycles. The molecule has 1 atom stereocenters. The molecule has 1 saturated heterocycles. The highest BCUT2D eigenvalue weighted by Gasteiger charge is 2.22. The van der Waals surface area contributed by atoms with E-state index in [9.17, 15) is 13.6 Å². The summed E-state index contributed by atoms with van der Waals surface area (Å²) in [6.07, 6.45) is 2.52. The molecule has 1 heterocycles. The van der Waals surface area contributed by atoms with E-state index < -0.39 is 11.6 Å². The van der Waals surface area contributed by atoms with Gasteiger partial charge in [-0.05, 0) is 49.9 Å². The number of anilines is 1. The molecule has 0 radical (unpaired) electrons. The second kappa shape index (κ2) is 8.29. The van der Waals surface area contributed by atoms with Gasteiger partial charge in [-0.15, -0.1) is 12.4 Å². The fourth-order valence-corrected chi connectivity index (χ4v) is 2.71. The van der Waals surface area contributed by atoms with Crippen LogP contribution in [-0.2, 0) is 4.79 Å². The maximum Gasteiger partial charge on any atom is 0.224 e. The number of nitrogens with one attached hydrogen (secondary N) is 2. The second-order valence-corrected chi connectivity index (χ2v) is 5.48. The van der Waals surface area contributed by atoms with Gasteiger partial charge in [0, 0.05) is 18.2 Å². The summed E-state index contributed by atoms with van der Waals surface area (Å²) in [5.41, 5.74) is 0.171. The van der Waals surface area contributed by atoms with Crippen LogP contribution in [0.2, 0.25) is 0 Å². The Hall–Kier alpha value is -1.20. The van der Waals surface area contributed by atoms with E-state index in [0.717, 1.165) is 44.1 Å². The van der Waals surface area contributed by atoms with Gasteiger partial charge in [-0.2, -0.15) is 0 Å². The van der Waals surface area contributed by atoms with Gasteiger partial charge >= 0.3 is 0 Å². The number of benzene rings is 1. The zero-order chi connectivity index (χ0) is 14.5. The molecule has 118 valence electrons. The first-order valence-electron chi connectivity index (χ1n) is 7.01. The van der Waals surface area contributed by atoms with Crippen LogP contribution in [0.15, 0.2) is 18.2 Å².